The number of hydrogen-bond donors (Lipinski definition) is 1. The van der Waals surface area contributed by atoms with E-state index in [4.69, 9.17) is 0 Å². The first kappa shape index (κ1) is 12.6. The Kier molecular flexibility index (Phi) is 5.53. The highest BCUT2D eigenvalue weighted by molar-refractivity contribution is 5.94. The molecule has 0 fully saturated rings. The van der Waals surface area contributed by atoms with Gasteiger partial charge in [0.1, 0.15) is 5.82 Å². The van der Waals surface area contributed by atoms with E-state index < -0.39 is 11.7 Å². The van der Waals surface area contributed by atoms with Gasteiger partial charge in [-0.25, -0.2) is 4.39 Å². The number of carbonyl (C=O) groups is 1. The number of benzene rings is 1. The Balaban J connectivity index is 0. The Morgan fingerprint density at radius 3 is 2.50 bits per heavy atom. The van der Waals surface area contributed by atoms with Crippen LogP contribution in [-0.2, 0) is 0 Å². The van der Waals surface area contributed by atoms with Gasteiger partial charge in [0.05, 0.1) is 5.56 Å². The maximum Gasteiger partial charge on any atom is 0.254 e. The molecule has 0 heterocycles. The lowest BCUT2D eigenvalue weighted by atomic mass is 10.1. The van der Waals surface area contributed by atoms with Crippen LogP contribution in [0.25, 0.3) is 0 Å². The maximum absolute atomic E-state index is 12.9. The molecule has 1 amide bonds. The largest absolute Gasteiger partial charge is 0.355 e. The van der Waals surface area contributed by atoms with Crippen molar-refractivity contribution in [2.45, 2.75) is 20.8 Å². The Morgan fingerprint density at radius 1 is 1.43 bits per heavy atom. The van der Waals surface area contributed by atoms with E-state index in [2.05, 4.69) is 5.32 Å². The summed E-state index contributed by atoms with van der Waals surface area (Å²) in [7, 11) is 1.48. The first-order valence-electron chi connectivity index (χ1n) is 4.63. The SMILES string of the molecule is CC.CNC(=O)c1cc(C)ccc1F.[HH]. The molecule has 1 rings (SSSR count). The van der Waals surface area contributed by atoms with E-state index in [1.165, 1.54) is 19.2 Å². The third-order valence-corrected chi connectivity index (χ3v) is 1.59. The number of carbonyl (C=O) groups excluding carboxylic acids is 1. The summed E-state index contributed by atoms with van der Waals surface area (Å²) in [6.07, 6.45) is 0. The van der Waals surface area contributed by atoms with Crippen molar-refractivity contribution in [1.29, 1.82) is 0 Å². The van der Waals surface area contributed by atoms with Crippen LogP contribution in [0.3, 0.4) is 0 Å². The van der Waals surface area contributed by atoms with Crippen molar-refractivity contribution in [3.63, 3.8) is 0 Å². The topological polar surface area (TPSA) is 29.1 Å². The van der Waals surface area contributed by atoms with Crippen molar-refractivity contribution < 1.29 is 10.6 Å². The number of hydrogen-bond acceptors (Lipinski definition) is 1. The normalized spacial score (nSPS) is 8.64. The maximum atomic E-state index is 12.9. The van der Waals surface area contributed by atoms with Gasteiger partial charge in [-0.1, -0.05) is 25.5 Å². The fourth-order valence-electron chi connectivity index (χ4n) is 0.948. The molecule has 0 unspecified atom stereocenters. The highest BCUT2D eigenvalue weighted by Gasteiger charge is 2.08. The standard InChI is InChI=1S/C9H10FNO.C2H6.H2/c1-6-3-4-8(10)7(5-6)9(12)11-2;1-2;/h3-5H,1-2H3,(H,11,12);1-2H3;1H. The predicted octanol–water partition coefficient (Wildman–Crippen LogP) is 2.77. The van der Waals surface area contributed by atoms with Crippen LogP contribution in [0.1, 0.15) is 31.2 Å². The van der Waals surface area contributed by atoms with Crippen molar-refractivity contribution in [2.24, 2.45) is 0 Å². The smallest absolute Gasteiger partial charge is 0.254 e. The van der Waals surface area contributed by atoms with Gasteiger partial charge in [0, 0.05) is 8.47 Å². The summed E-state index contributed by atoms with van der Waals surface area (Å²) in [5.74, 6) is -0.879. The third-order valence-electron chi connectivity index (χ3n) is 1.59. The van der Waals surface area contributed by atoms with E-state index in [0.717, 1.165) is 5.56 Å². The van der Waals surface area contributed by atoms with Gasteiger partial charge < -0.3 is 5.32 Å². The number of amides is 1. The second kappa shape index (κ2) is 6.13. The van der Waals surface area contributed by atoms with Crippen molar-refractivity contribution in [1.82, 2.24) is 5.32 Å². The van der Waals surface area contributed by atoms with Crippen molar-refractivity contribution >= 4 is 5.91 Å². The van der Waals surface area contributed by atoms with E-state index in [1.54, 1.807) is 6.07 Å². The molecule has 0 saturated heterocycles. The number of aryl methyl sites for hydroxylation is 1. The summed E-state index contributed by atoms with van der Waals surface area (Å²) in [5.41, 5.74) is 0.965. The van der Waals surface area contributed by atoms with E-state index in [0.29, 0.717) is 0 Å². The molecular formula is C11H18FNO. The molecule has 80 valence electrons. The molecule has 0 aliphatic rings. The third kappa shape index (κ3) is 3.17. The molecule has 0 aliphatic carbocycles. The minimum Gasteiger partial charge on any atom is -0.355 e. The van der Waals surface area contributed by atoms with Crippen LogP contribution < -0.4 is 5.32 Å². The average molecular weight is 199 g/mol. The quantitative estimate of drug-likeness (QED) is 0.740. The zero-order valence-corrected chi connectivity index (χ0v) is 9.02. The van der Waals surface area contributed by atoms with Gasteiger partial charge in [0.15, 0.2) is 0 Å². The Labute approximate surface area is 85.6 Å². The molecule has 1 N–H and O–H groups in total. The number of rotatable bonds is 1. The second-order valence-electron chi connectivity index (χ2n) is 2.56. The molecule has 0 bridgehead atoms. The Morgan fingerprint density at radius 2 is 2.00 bits per heavy atom. The zero-order valence-electron chi connectivity index (χ0n) is 9.02. The van der Waals surface area contributed by atoms with Crippen molar-refractivity contribution in [2.75, 3.05) is 7.05 Å². The molecule has 1 aromatic rings. The highest BCUT2D eigenvalue weighted by atomic mass is 19.1. The summed E-state index contributed by atoms with van der Waals surface area (Å²) >= 11 is 0. The van der Waals surface area contributed by atoms with Crippen LogP contribution >= 0.6 is 0 Å². The lowest BCUT2D eigenvalue weighted by Crippen LogP contribution is -2.19. The summed E-state index contributed by atoms with van der Waals surface area (Å²) in [6, 6.07) is 4.44. The molecule has 3 heteroatoms. The summed E-state index contributed by atoms with van der Waals surface area (Å²) in [6.45, 7) is 5.81. The molecule has 2 nitrogen and oxygen atoms in total. The number of nitrogens with one attached hydrogen (secondary N) is 1. The minimum atomic E-state index is -0.486. The van der Waals surface area contributed by atoms with Crippen LogP contribution in [0.15, 0.2) is 18.2 Å². The average Bonchev–Trinajstić information content (AvgIpc) is 2.23. The van der Waals surface area contributed by atoms with Crippen LogP contribution in [0.2, 0.25) is 0 Å². The lowest BCUT2D eigenvalue weighted by Gasteiger charge is -2.01. The van der Waals surface area contributed by atoms with Gasteiger partial charge >= 0.3 is 0 Å². The molecule has 14 heavy (non-hydrogen) atoms. The lowest BCUT2D eigenvalue weighted by molar-refractivity contribution is 0.0959. The van der Waals surface area contributed by atoms with Gasteiger partial charge in [0.25, 0.3) is 5.91 Å². The first-order valence-corrected chi connectivity index (χ1v) is 4.63. The summed E-state index contributed by atoms with van der Waals surface area (Å²) < 4.78 is 12.9. The fraction of sp³-hybridized carbons (Fsp3) is 0.364. The van der Waals surface area contributed by atoms with Gasteiger partial charge in [-0.3, -0.25) is 4.79 Å². The molecule has 0 atom stereocenters. The monoisotopic (exact) mass is 199 g/mol. The predicted molar refractivity (Wildman–Crippen MR) is 58.0 cm³/mol. The van der Waals surface area contributed by atoms with E-state index in [-0.39, 0.29) is 6.99 Å². The van der Waals surface area contributed by atoms with Gasteiger partial charge in [0.2, 0.25) is 0 Å². The molecular weight excluding hydrogens is 181 g/mol. The number of halogens is 1. The van der Waals surface area contributed by atoms with Crippen LogP contribution in [-0.4, -0.2) is 13.0 Å². The Hall–Kier alpha value is -1.38. The molecule has 1 aromatic carbocycles. The zero-order chi connectivity index (χ0) is 11.1. The van der Waals surface area contributed by atoms with Crippen LogP contribution in [0.4, 0.5) is 4.39 Å². The fourth-order valence-corrected chi connectivity index (χ4v) is 0.948. The van der Waals surface area contributed by atoms with Crippen LogP contribution in [0, 0.1) is 12.7 Å². The van der Waals surface area contributed by atoms with E-state index in [1.807, 2.05) is 20.8 Å². The van der Waals surface area contributed by atoms with Gasteiger partial charge in [-0.15, -0.1) is 0 Å². The Bertz CT molecular complexity index is 315. The molecule has 0 aromatic heterocycles. The molecule has 0 radical (unpaired) electrons. The molecule has 0 spiro atoms. The summed E-state index contributed by atoms with van der Waals surface area (Å²) in [4.78, 5) is 11.0. The van der Waals surface area contributed by atoms with Crippen molar-refractivity contribution in [3.8, 4) is 0 Å². The summed E-state index contributed by atoms with van der Waals surface area (Å²) in [5, 5.41) is 2.37. The first-order chi connectivity index (χ1) is 6.65. The highest BCUT2D eigenvalue weighted by Crippen LogP contribution is 2.09. The molecule has 0 saturated carbocycles. The van der Waals surface area contributed by atoms with Crippen LogP contribution in [0.5, 0.6) is 0 Å². The van der Waals surface area contributed by atoms with Gasteiger partial charge in [-0.2, -0.15) is 0 Å². The minimum absolute atomic E-state index is 0. The van der Waals surface area contributed by atoms with Crippen molar-refractivity contribution in [3.05, 3.63) is 35.1 Å². The van der Waals surface area contributed by atoms with E-state index >= 15 is 0 Å². The van der Waals surface area contributed by atoms with E-state index in [9.17, 15) is 9.18 Å². The second-order valence-corrected chi connectivity index (χ2v) is 2.56. The van der Waals surface area contributed by atoms with Gasteiger partial charge in [-0.05, 0) is 19.1 Å². The molecule has 0 aliphatic heterocycles.